The van der Waals surface area contributed by atoms with Crippen molar-refractivity contribution in [2.75, 3.05) is 14.2 Å². The summed E-state index contributed by atoms with van der Waals surface area (Å²) in [6, 6.07) is 8.70. The first-order valence-electron chi connectivity index (χ1n) is 10.1. The lowest BCUT2D eigenvalue weighted by atomic mass is 10.1. The molecule has 1 aromatic heterocycles. The molecule has 35 heavy (non-hydrogen) atoms. The molecule has 1 aliphatic rings. The molecule has 9 nitrogen and oxygen atoms in total. The highest BCUT2D eigenvalue weighted by Gasteiger charge is 2.29. The van der Waals surface area contributed by atoms with Gasteiger partial charge in [0, 0.05) is 22.5 Å². The Hall–Kier alpha value is -3.09. The second kappa shape index (κ2) is 9.88. The molecule has 180 valence electrons. The number of rotatable bonds is 5. The number of nitrogens with zero attached hydrogens (tertiary/aromatic N) is 4. The van der Waals surface area contributed by atoms with E-state index in [0.717, 1.165) is 0 Å². The fourth-order valence-electron chi connectivity index (χ4n) is 3.55. The van der Waals surface area contributed by atoms with Gasteiger partial charge in [0.05, 0.1) is 18.7 Å². The topological polar surface area (TPSA) is 96.9 Å². The van der Waals surface area contributed by atoms with Crippen LogP contribution in [0.4, 0.5) is 0 Å². The number of fused-ring (bicyclic) bond motifs is 1. The van der Waals surface area contributed by atoms with Crippen molar-refractivity contribution in [2.24, 2.45) is 4.99 Å². The molecule has 12 heteroatoms. The number of carbonyl (C=O) groups excluding carboxylic acids is 2. The number of hydrogen-bond donors (Lipinski definition) is 0. The molecule has 0 fully saturated rings. The number of carbonyl (C=O) groups is 2. The summed E-state index contributed by atoms with van der Waals surface area (Å²) in [6.45, 7) is 2.98. The summed E-state index contributed by atoms with van der Waals surface area (Å²) >= 11 is 12.3. The number of benzene rings is 2. The Bertz CT molecular complexity index is 1510. The summed E-state index contributed by atoms with van der Waals surface area (Å²) < 4.78 is 20.4. The van der Waals surface area contributed by atoms with Gasteiger partial charge >= 0.3 is 5.97 Å². The molecule has 0 unspecified atom stereocenters. The largest absolute Gasteiger partial charge is 0.493 e. The van der Waals surface area contributed by atoms with Gasteiger partial charge in [0.1, 0.15) is 11.5 Å². The Morgan fingerprint density at radius 1 is 1.09 bits per heavy atom. The van der Waals surface area contributed by atoms with Gasteiger partial charge in [-0.05, 0) is 71.5 Å². The molecule has 0 saturated heterocycles. The molecule has 0 saturated carbocycles. The van der Waals surface area contributed by atoms with E-state index in [1.807, 2.05) is 0 Å². The van der Waals surface area contributed by atoms with E-state index in [1.165, 1.54) is 23.4 Å². The van der Waals surface area contributed by atoms with Crippen molar-refractivity contribution >= 4 is 67.9 Å². The van der Waals surface area contributed by atoms with Crippen molar-refractivity contribution in [3.05, 3.63) is 66.7 Å². The van der Waals surface area contributed by atoms with Crippen LogP contribution in [0.25, 0.3) is 6.08 Å². The van der Waals surface area contributed by atoms with Crippen LogP contribution < -0.4 is 14.2 Å². The van der Waals surface area contributed by atoms with Gasteiger partial charge in [0.15, 0.2) is 23.1 Å². The van der Waals surface area contributed by atoms with Gasteiger partial charge in [0.2, 0.25) is 4.77 Å². The highest BCUT2D eigenvalue weighted by molar-refractivity contribution is 9.11. The number of ether oxygens (including phenoxy) is 3. The van der Waals surface area contributed by atoms with E-state index in [0.29, 0.717) is 43.2 Å². The summed E-state index contributed by atoms with van der Waals surface area (Å²) in [5.41, 5.74) is 1.17. The second-order valence-corrected chi connectivity index (χ2v) is 9.44. The molecule has 0 radical (unpaired) electrons. The summed E-state index contributed by atoms with van der Waals surface area (Å²) in [6.07, 6.45) is 1.54. The number of esters is 1. The van der Waals surface area contributed by atoms with Gasteiger partial charge in [-0.1, -0.05) is 15.9 Å². The van der Waals surface area contributed by atoms with Crippen molar-refractivity contribution in [2.45, 2.75) is 13.8 Å². The lowest BCUT2D eigenvalue weighted by Gasteiger charge is -2.20. The molecule has 2 aromatic carbocycles. The van der Waals surface area contributed by atoms with E-state index in [2.05, 4.69) is 41.8 Å². The van der Waals surface area contributed by atoms with Crippen molar-refractivity contribution in [3.8, 4) is 17.2 Å². The third kappa shape index (κ3) is 4.73. The summed E-state index contributed by atoms with van der Waals surface area (Å²) in [5.74, 6) is 1.10. The number of halogens is 2. The zero-order chi connectivity index (χ0) is 25.4. The van der Waals surface area contributed by atoms with Gasteiger partial charge < -0.3 is 14.2 Å². The molecule has 2 heterocycles. The molecule has 4 rings (SSSR count). The second-order valence-electron chi connectivity index (χ2n) is 7.30. The van der Waals surface area contributed by atoms with E-state index in [4.69, 9.17) is 26.4 Å². The van der Waals surface area contributed by atoms with E-state index in [9.17, 15) is 9.59 Å². The van der Waals surface area contributed by atoms with E-state index in [1.54, 1.807) is 50.4 Å². The van der Waals surface area contributed by atoms with E-state index >= 15 is 0 Å². The van der Waals surface area contributed by atoms with Crippen LogP contribution >= 0.6 is 44.1 Å². The molecule has 0 N–H and O–H groups in total. The minimum atomic E-state index is -0.504. The Morgan fingerprint density at radius 3 is 2.46 bits per heavy atom. The number of hydrogen-bond acceptors (Lipinski definition) is 8. The number of methoxy groups -OCH3 is 2. The van der Waals surface area contributed by atoms with Crippen LogP contribution in [-0.2, 0) is 4.79 Å². The van der Waals surface area contributed by atoms with Gasteiger partial charge in [-0.2, -0.15) is 9.36 Å². The third-order valence-corrected chi connectivity index (χ3v) is 6.31. The van der Waals surface area contributed by atoms with Gasteiger partial charge in [-0.3, -0.25) is 9.59 Å². The molecular weight excluding hydrogens is 604 g/mol. The van der Waals surface area contributed by atoms with Crippen LogP contribution in [0, 0.1) is 11.7 Å². The standard InChI is InChI=1S/C23H18Br2N4O5S/c1-11-26-23(35)29-21(13-5-6-18(32-3)19(9-13)33-4)27-17(22(31)28(11)29)8-14-7-15(24)10-16(25)20(14)34-12(2)30/h5-10H,1-4H3/b17-8-. The predicted molar refractivity (Wildman–Crippen MR) is 139 cm³/mol. The maximum absolute atomic E-state index is 13.5. The van der Waals surface area contributed by atoms with E-state index < -0.39 is 11.9 Å². The fourth-order valence-corrected chi connectivity index (χ4v) is 5.19. The lowest BCUT2D eigenvalue weighted by Crippen LogP contribution is -2.33. The molecule has 0 amide bonds. The summed E-state index contributed by atoms with van der Waals surface area (Å²) in [4.78, 5) is 34.1. The van der Waals surface area contributed by atoms with Crippen LogP contribution in [-0.4, -0.2) is 46.3 Å². The number of aryl methyl sites for hydroxylation is 1. The van der Waals surface area contributed by atoms with Crippen LogP contribution in [0.2, 0.25) is 0 Å². The summed E-state index contributed by atoms with van der Waals surface area (Å²) in [5, 5.41) is 0. The number of aliphatic imine (C=N–C) groups is 1. The molecule has 1 aliphatic heterocycles. The summed E-state index contributed by atoms with van der Waals surface area (Å²) in [7, 11) is 3.07. The monoisotopic (exact) mass is 620 g/mol. The van der Waals surface area contributed by atoms with Crippen molar-refractivity contribution in [3.63, 3.8) is 0 Å². The van der Waals surface area contributed by atoms with Crippen LogP contribution in [0.15, 0.2) is 50.0 Å². The molecule has 0 spiro atoms. The first kappa shape index (κ1) is 25.0. The minimum Gasteiger partial charge on any atom is -0.493 e. The molecule has 3 aromatic rings. The number of aromatic nitrogens is 3. The lowest BCUT2D eigenvalue weighted by molar-refractivity contribution is -0.131. The maximum atomic E-state index is 13.5. The predicted octanol–water partition coefficient (Wildman–Crippen LogP) is 5.18. The molecular formula is C23H18Br2N4O5S. The smallest absolute Gasteiger partial charge is 0.308 e. The maximum Gasteiger partial charge on any atom is 0.308 e. The minimum absolute atomic E-state index is 0.0867. The zero-order valence-corrected chi connectivity index (χ0v) is 22.9. The quantitative estimate of drug-likeness (QED) is 0.168. The van der Waals surface area contributed by atoms with Gasteiger partial charge in [-0.15, -0.1) is 0 Å². The van der Waals surface area contributed by atoms with Crippen molar-refractivity contribution < 1.29 is 23.8 Å². The highest BCUT2D eigenvalue weighted by Crippen LogP contribution is 2.35. The zero-order valence-electron chi connectivity index (χ0n) is 19.0. The first-order chi connectivity index (χ1) is 16.6. The van der Waals surface area contributed by atoms with Crippen molar-refractivity contribution in [1.29, 1.82) is 0 Å². The van der Waals surface area contributed by atoms with Crippen LogP contribution in [0.1, 0.15) is 28.7 Å². The van der Waals surface area contributed by atoms with Gasteiger partial charge in [0.25, 0.3) is 5.91 Å². The van der Waals surface area contributed by atoms with Gasteiger partial charge in [-0.25, -0.2) is 9.98 Å². The Balaban J connectivity index is 1.98. The average molecular weight is 622 g/mol. The molecule has 0 aliphatic carbocycles. The SMILES string of the molecule is COc1ccc(C2=N/C(=C\c3cc(Br)cc(Br)c3OC(C)=O)C(=O)n3c(C)nc(=S)n32)cc1OC. The third-order valence-electron chi connectivity index (χ3n) is 5.00. The first-order valence-corrected chi connectivity index (χ1v) is 12.1. The van der Waals surface area contributed by atoms with E-state index in [-0.39, 0.29) is 16.2 Å². The molecule has 0 bridgehead atoms. The Labute approximate surface area is 222 Å². The highest BCUT2D eigenvalue weighted by atomic mass is 79.9. The number of allylic oxidation sites excluding steroid dienone is 1. The molecule has 0 atom stereocenters. The van der Waals surface area contributed by atoms with Crippen LogP contribution in [0.5, 0.6) is 17.2 Å². The fraction of sp³-hybridized carbons (Fsp3) is 0.174. The normalized spacial score (nSPS) is 13.9. The van der Waals surface area contributed by atoms with Crippen LogP contribution in [0.3, 0.4) is 0 Å². The Kier molecular flexibility index (Phi) is 7.06. The average Bonchev–Trinajstić information content (AvgIpc) is 3.11. The van der Waals surface area contributed by atoms with Crippen molar-refractivity contribution in [1.82, 2.24) is 14.3 Å². The Morgan fingerprint density at radius 2 is 1.80 bits per heavy atom.